The first-order valence-corrected chi connectivity index (χ1v) is 20.8. The lowest BCUT2D eigenvalue weighted by Gasteiger charge is -2.30. The van der Waals surface area contributed by atoms with Gasteiger partial charge in [-0.3, -0.25) is 0 Å². The van der Waals surface area contributed by atoms with Crippen LogP contribution in [0.4, 0.5) is 5.69 Å². The van der Waals surface area contributed by atoms with Gasteiger partial charge in [-0.2, -0.15) is 5.26 Å². The summed E-state index contributed by atoms with van der Waals surface area (Å²) < 4.78 is 5.77. The predicted molar refractivity (Wildman–Crippen MR) is 248 cm³/mol. The molecule has 294 valence electrons. The number of ether oxygens (including phenoxy) is 1. The Bertz CT molecular complexity index is 2430. The molecule has 10 rings (SSSR count). The van der Waals surface area contributed by atoms with Gasteiger partial charge in [0.05, 0.1) is 11.6 Å². The number of nitriles is 1. The summed E-state index contributed by atoms with van der Waals surface area (Å²) >= 11 is 23.0. The first-order valence-electron chi connectivity index (χ1n) is 19.2. The van der Waals surface area contributed by atoms with E-state index in [4.69, 9.17) is 56.4 Å². The smallest absolute Gasteiger partial charge is 0.161 e. The summed E-state index contributed by atoms with van der Waals surface area (Å²) in [5, 5.41) is 11.7. The van der Waals surface area contributed by atoms with Gasteiger partial charge < -0.3 is 9.64 Å². The fourth-order valence-electron chi connectivity index (χ4n) is 6.41. The molecule has 0 atom stereocenters. The summed E-state index contributed by atoms with van der Waals surface area (Å²) in [6.07, 6.45) is 2.39. The van der Waals surface area contributed by atoms with Crippen LogP contribution in [0, 0.1) is 25.2 Å². The number of para-hydroxylation sites is 1. The molecule has 0 saturated carbocycles. The van der Waals surface area contributed by atoms with Crippen LogP contribution in [0.2, 0.25) is 20.1 Å². The zero-order chi connectivity index (χ0) is 41.4. The standard InChI is InChI=1S/C15H15NO.C12H7Cl.C8H6ClN.C8H7Cl.C6H5Cl.C2H6/c1-12-7-8-15-13(9-12)10-16(11-17-15)14-5-3-2-4-6-14;13-8-5-6-11-9-3-1-2-4-10(9)12(11)7-8;1-6-4-8(9)3-2-7(6)5-10;9-8-3-1-2-6-4-5-7(6)8;7-6-4-2-1-3-5-6;1-2/h2-9H,10-11H2,1H3;1-7H;2-4H,1H3;1-3H,4-5H2;1-5H;1-2H3. The molecule has 0 radical (unpaired) electrons. The van der Waals surface area contributed by atoms with Crippen LogP contribution in [0.15, 0.2) is 158 Å². The molecule has 3 aliphatic rings. The third-order valence-electron chi connectivity index (χ3n) is 9.47. The van der Waals surface area contributed by atoms with E-state index >= 15 is 0 Å². The molecule has 0 amide bonds. The van der Waals surface area contributed by atoms with E-state index in [1.165, 1.54) is 63.0 Å². The molecule has 0 aromatic heterocycles. The average Bonchev–Trinajstić information content (AvgIpc) is 3.23. The maximum Gasteiger partial charge on any atom is 0.161 e. The van der Waals surface area contributed by atoms with E-state index in [2.05, 4.69) is 96.8 Å². The van der Waals surface area contributed by atoms with Gasteiger partial charge in [0, 0.05) is 37.9 Å². The molecule has 0 spiro atoms. The first-order chi connectivity index (χ1) is 28.2. The lowest BCUT2D eigenvalue weighted by atomic mass is 9.81. The summed E-state index contributed by atoms with van der Waals surface area (Å²) in [5.74, 6) is 1.02. The van der Waals surface area contributed by atoms with Gasteiger partial charge in [-0.25, -0.2) is 0 Å². The number of nitrogens with zero attached hydrogens (tertiary/aromatic N) is 2. The van der Waals surface area contributed by atoms with Gasteiger partial charge in [-0.15, -0.1) is 0 Å². The Balaban J connectivity index is 0.000000141. The van der Waals surface area contributed by atoms with Crippen molar-refractivity contribution >= 4 is 52.1 Å². The van der Waals surface area contributed by atoms with Crippen molar-refractivity contribution in [2.45, 2.75) is 47.1 Å². The summed E-state index contributed by atoms with van der Waals surface area (Å²) in [4.78, 5) is 2.24. The fraction of sp³-hybridized carbons (Fsp3) is 0.157. The van der Waals surface area contributed by atoms with E-state index in [1.807, 2.05) is 81.4 Å². The lowest BCUT2D eigenvalue weighted by molar-refractivity contribution is 0.289. The zero-order valence-electron chi connectivity index (χ0n) is 33.2. The summed E-state index contributed by atoms with van der Waals surface area (Å²) in [5.41, 5.74) is 13.4. The Morgan fingerprint density at radius 1 is 0.552 bits per heavy atom. The summed E-state index contributed by atoms with van der Waals surface area (Å²) in [7, 11) is 0. The number of rotatable bonds is 1. The van der Waals surface area contributed by atoms with Crippen molar-refractivity contribution in [2.75, 3.05) is 11.6 Å². The van der Waals surface area contributed by atoms with E-state index in [0.717, 1.165) is 32.9 Å². The Morgan fingerprint density at radius 3 is 1.76 bits per heavy atom. The van der Waals surface area contributed by atoms with Crippen molar-refractivity contribution in [3.63, 3.8) is 0 Å². The van der Waals surface area contributed by atoms with Crippen LogP contribution in [0.25, 0.3) is 22.3 Å². The number of anilines is 1. The Morgan fingerprint density at radius 2 is 1.17 bits per heavy atom. The molecule has 7 aromatic carbocycles. The molecule has 0 fully saturated rings. The van der Waals surface area contributed by atoms with Gasteiger partial charge in [0.25, 0.3) is 0 Å². The molecule has 7 aromatic rings. The molecular formula is C51H46Cl4N2O. The molecule has 2 aliphatic carbocycles. The number of aryl methyl sites for hydroxylation is 3. The Labute approximate surface area is 364 Å². The molecule has 7 heteroatoms. The molecule has 3 nitrogen and oxygen atoms in total. The van der Waals surface area contributed by atoms with Gasteiger partial charge in [0.1, 0.15) is 5.75 Å². The molecule has 0 saturated heterocycles. The third kappa shape index (κ3) is 11.9. The highest BCUT2D eigenvalue weighted by molar-refractivity contribution is 6.32. The number of fused-ring (bicyclic) bond motifs is 6. The maximum absolute atomic E-state index is 8.52. The molecule has 58 heavy (non-hydrogen) atoms. The second kappa shape index (κ2) is 22.1. The molecule has 1 heterocycles. The number of hydrogen-bond acceptors (Lipinski definition) is 3. The van der Waals surface area contributed by atoms with Crippen LogP contribution >= 0.6 is 46.4 Å². The molecular weight excluding hydrogens is 798 g/mol. The van der Waals surface area contributed by atoms with Crippen molar-refractivity contribution in [3.8, 4) is 34.1 Å². The summed E-state index contributed by atoms with van der Waals surface area (Å²) in [6.45, 7) is 9.52. The monoisotopic (exact) mass is 842 g/mol. The number of benzene rings is 7. The van der Waals surface area contributed by atoms with Gasteiger partial charge >= 0.3 is 0 Å². The SMILES string of the molecule is CC.Cc1cc(Cl)ccc1C#N.Cc1ccc2c(c1)CN(c1ccccc1)CO2.Clc1ccc2c(c1)-c1ccccc1-2.Clc1cccc2c1CC2.Clc1ccccc1. The van der Waals surface area contributed by atoms with Crippen LogP contribution in [0.1, 0.15) is 47.2 Å². The van der Waals surface area contributed by atoms with E-state index in [1.54, 1.807) is 18.2 Å². The first kappa shape index (κ1) is 43.9. The highest BCUT2D eigenvalue weighted by Crippen LogP contribution is 2.47. The highest BCUT2D eigenvalue weighted by Gasteiger charge is 2.21. The third-order valence-corrected chi connectivity index (χ3v) is 10.5. The quantitative estimate of drug-likeness (QED) is 0.165. The largest absolute Gasteiger partial charge is 0.473 e. The predicted octanol–water partition coefficient (Wildman–Crippen LogP) is 15.7. The lowest BCUT2D eigenvalue weighted by Crippen LogP contribution is -2.31. The minimum absolute atomic E-state index is 0.625. The van der Waals surface area contributed by atoms with Crippen LogP contribution in [-0.4, -0.2) is 6.73 Å². The van der Waals surface area contributed by atoms with E-state index in [9.17, 15) is 0 Å². The highest BCUT2D eigenvalue weighted by atomic mass is 35.5. The van der Waals surface area contributed by atoms with Gasteiger partial charge in [0.15, 0.2) is 6.73 Å². The van der Waals surface area contributed by atoms with Gasteiger partial charge in [0.2, 0.25) is 0 Å². The second-order valence-electron chi connectivity index (χ2n) is 13.4. The average molecular weight is 845 g/mol. The van der Waals surface area contributed by atoms with Crippen LogP contribution < -0.4 is 9.64 Å². The molecule has 0 bridgehead atoms. The van der Waals surface area contributed by atoms with Crippen molar-refractivity contribution in [3.05, 3.63) is 211 Å². The minimum Gasteiger partial charge on any atom is -0.473 e. The topological polar surface area (TPSA) is 36.3 Å². The Hall–Kier alpha value is -5.21. The molecule has 1 aliphatic heterocycles. The maximum atomic E-state index is 8.52. The molecule has 0 N–H and O–H groups in total. The van der Waals surface area contributed by atoms with Crippen molar-refractivity contribution < 1.29 is 4.74 Å². The normalized spacial score (nSPS) is 11.6. The van der Waals surface area contributed by atoms with Crippen LogP contribution in [0.3, 0.4) is 0 Å². The fourth-order valence-corrected chi connectivity index (χ4v) is 7.24. The van der Waals surface area contributed by atoms with E-state index < -0.39 is 0 Å². The number of halogens is 4. The van der Waals surface area contributed by atoms with Gasteiger partial charge in [-0.05, 0) is 132 Å². The van der Waals surface area contributed by atoms with Crippen molar-refractivity contribution in [1.82, 2.24) is 0 Å². The van der Waals surface area contributed by atoms with Gasteiger partial charge in [-0.1, -0.05) is 157 Å². The van der Waals surface area contributed by atoms with E-state index in [0.29, 0.717) is 17.3 Å². The molecule has 0 unspecified atom stereocenters. The van der Waals surface area contributed by atoms with E-state index in [-0.39, 0.29) is 0 Å². The van der Waals surface area contributed by atoms with Crippen molar-refractivity contribution in [1.29, 1.82) is 5.26 Å². The van der Waals surface area contributed by atoms with Crippen molar-refractivity contribution in [2.24, 2.45) is 0 Å². The number of hydrogen-bond donors (Lipinski definition) is 0. The Kier molecular flexibility index (Phi) is 16.7. The van der Waals surface area contributed by atoms with Crippen LogP contribution in [0.5, 0.6) is 5.75 Å². The van der Waals surface area contributed by atoms with Crippen LogP contribution in [-0.2, 0) is 19.4 Å². The zero-order valence-corrected chi connectivity index (χ0v) is 36.2. The summed E-state index contributed by atoms with van der Waals surface area (Å²) in [6, 6.07) is 54.0. The second-order valence-corrected chi connectivity index (χ2v) is 15.1. The minimum atomic E-state index is 0.625.